The number of benzene rings is 1. The summed E-state index contributed by atoms with van der Waals surface area (Å²) in [5, 5.41) is 10.7. The summed E-state index contributed by atoms with van der Waals surface area (Å²) in [6.45, 7) is 0. The van der Waals surface area contributed by atoms with Gasteiger partial charge in [0.25, 0.3) is 5.69 Å². The van der Waals surface area contributed by atoms with Crippen molar-refractivity contribution in [2.45, 2.75) is 36.4 Å². The zero-order valence-electron chi connectivity index (χ0n) is 10.7. The summed E-state index contributed by atoms with van der Waals surface area (Å²) < 4.78 is 26.7. The SMILES string of the molecule is O=[N+]([O-])c1ccccc1CS(=O)(=O)NC1CCCC1Cl. The van der Waals surface area contributed by atoms with E-state index in [4.69, 9.17) is 11.6 Å². The van der Waals surface area contributed by atoms with Crippen LogP contribution in [0.5, 0.6) is 0 Å². The van der Waals surface area contributed by atoms with Crippen molar-refractivity contribution in [2.75, 3.05) is 0 Å². The van der Waals surface area contributed by atoms with Crippen molar-refractivity contribution in [1.82, 2.24) is 4.72 Å². The molecule has 1 N–H and O–H groups in total. The van der Waals surface area contributed by atoms with Crippen LogP contribution in [0.2, 0.25) is 0 Å². The molecule has 0 aromatic heterocycles. The number of nitrogens with zero attached hydrogens (tertiary/aromatic N) is 1. The normalized spacial score (nSPS) is 22.9. The Labute approximate surface area is 122 Å². The van der Waals surface area contributed by atoms with Gasteiger partial charge in [0.2, 0.25) is 10.0 Å². The minimum Gasteiger partial charge on any atom is -0.258 e. The number of rotatable bonds is 5. The number of nitro groups is 1. The van der Waals surface area contributed by atoms with E-state index >= 15 is 0 Å². The highest BCUT2D eigenvalue weighted by Crippen LogP contribution is 2.26. The standard InChI is InChI=1S/C12H15ClN2O4S/c13-10-5-3-6-11(10)14-20(18,19)8-9-4-1-2-7-12(9)15(16)17/h1-2,4,7,10-11,14H,3,5-6,8H2. The molecule has 110 valence electrons. The third-order valence-electron chi connectivity index (χ3n) is 3.30. The molecule has 0 aliphatic heterocycles. The van der Waals surface area contributed by atoms with Crippen molar-refractivity contribution >= 4 is 27.3 Å². The molecule has 1 aromatic rings. The molecule has 1 aliphatic rings. The number of hydrogen-bond donors (Lipinski definition) is 1. The lowest BCUT2D eigenvalue weighted by Crippen LogP contribution is -2.38. The van der Waals surface area contributed by atoms with Crippen molar-refractivity contribution in [2.24, 2.45) is 0 Å². The lowest BCUT2D eigenvalue weighted by molar-refractivity contribution is -0.385. The van der Waals surface area contributed by atoms with Crippen LogP contribution in [0.1, 0.15) is 24.8 Å². The summed E-state index contributed by atoms with van der Waals surface area (Å²) in [5.74, 6) is -0.412. The topological polar surface area (TPSA) is 89.3 Å². The molecule has 0 spiro atoms. The number of nitro benzene ring substituents is 1. The smallest absolute Gasteiger partial charge is 0.258 e. The molecule has 0 heterocycles. The maximum Gasteiger partial charge on any atom is 0.273 e. The second-order valence-electron chi connectivity index (χ2n) is 4.82. The van der Waals surface area contributed by atoms with E-state index in [0.29, 0.717) is 6.42 Å². The predicted octanol–water partition coefficient (Wildman–Crippen LogP) is 2.17. The van der Waals surface area contributed by atoms with Gasteiger partial charge in [-0.15, -0.1) is 11.6 Å². The van der Waals surface area contributed by atoms with Crippen LogP contribution >= 0.6 is 11.6 Å². The first-order chi connectivity index (χ1) is 9.39. The highest BCUT2D eigenvalue weighted by molar-refractivity contribution is 7.88. The second-order valence-corrected chi connectivity index (χ2v) is 7.13. The molecule has 20 heavy (non-hydrogen) atoms. The zero-order chi connectivity index (χ0) is 14.8. The van der Waals surface area contributed by atoms with E-state index in [2.05, 4.69) is 4.72 Å². The van der Waals surface area contributed by atoms with Crippen molar-refractivity contribution < 1.29 is 13.3 Å². The molecule has 6 nitrogen and oxygen atoms in total. The Kier molecular flexibility index (Phi) is 4.62. The van der Waals surface area contributed by atoms with Gasteiger partial charge in [-0.3, -0.25) is 10.1 Å². The Bertz CT molecular complexity index is 605. The van der Waals surface area contributed by atoms with E-state index in [1.54, 1.807) is 6.07 Å². The van der Waals surface area contributed by atoms with E-state index in [0.717, 1.165) is 12.8 Å². The van der Waals surface area contributed by atoms with Crippen LogP contribution in [0.15, 0.2) is 24.3 Å². The van der Waals surface area contributed by atoms with E-state index in [9.17, 15) is 18.5 Å². The average Bonchev–Trinajstić information content (AvgIpc) is 2.74. The third-order valence-corrected chi connectivity index (χ3v) is 5.17. The van der Waals surface area contributed by atoms with E-state index in [1.165, 1.54) is 18.2 Å². The molecule has 0 radical (unpaired) electrons. The molecule has 1 aliphatic carbocycles. The highest BCUT2D eigenvalue weighted by Gasteiger charge is 2.30. The van der Waals surface area contributed by atoms with Gasteiger partial charge in [0.1, 0.15) is 0 Å². The number of halogens is 1. The Morgan fingerprint density at radius 2 is 2.05 bits per heavy atom. The van der Waals surface area contributed by atoms with Crippen LogP contribution in [0.3, 0.4) is 0 Å². The fourth-order valence-electron chi connectivity index (χ4n) is 2.34. The average molecular weight is 319 g/mol. The van der Waals surface area contributed by atoms with Gasteiger partial charge < -0.3 is 0 Å². The first-order valence-corrected chi connectivity index (χ1v) is 8.34. The van der Waals surface area contributed by atoms with Crippen LogP contribution in [0.25, 0.3) is 0 Å². The quantitative estimate of drug-likeness (QED) is 0.512. The Hall–Kier alpha value is -1.18. The molecule has 1 aromatic carbocycles. The van der Waals surface area contributed by atoms with Gasteiger partial charge in [0.05, 0.1) is 10.7 Å². The van der Waals surface area contributed by atoms with E-state index < -0.39 is 20.7 Å². The van der Waals surface area contributed by atoms with Gasteiger partial charge in [0, 0.05) is 23.0 Å². The molecule has 1 fully saturated rings. The van der Waals surface area contributed by atoms with Crippen molar-refractivity contribution in [1.29, 1.82) is 0 Å². The predicted molar refractivity (Wildman–Crippen MR) is 76.1 cm³/mol. The Balaban J connectivity index is 2.14. The van der Waals surface area contributed by atoms with Crippen molar-refractivity contribution in [3.63, 3.8) is 0 Å². The fourth-order valence-corrected chi connectivity index (χ4v) is 4.23. The van der Waals surface area contributed by atoms with Crippen molar-refractivity contribution in [3.05, 3.63) is 39.9 Å². The van der Waals surface area contributed by atoms with Gasteiger partial charge in [-0.25, -0.2) is 13.1 Å². The summed E-state index contributed by atoms with van der Waals surface area (Å²) in [4.78, 5) is 10.3. The summed E-state index contributed by atoms with van der Waals surface area (Å²) in [6.07, 6.45) is 2.36. The van der Waals surface area contributed by atoms with Gasteiger partial charge in [-0.05, 0) is 12.8 Å². The van der Waals surface area contributed by atoms with E-state index in [1.807, 2.05) is 0 Å². The molecular formula is C12H15ClN2O4S. The number of nitrogens with one attached hydrogen (secondary N) is 1. The second kappa shape index (κ2) is 6.07. The largest absolute Gasteiger partial charge is 0.273 e. The first kappa shape index (κ1) is 15.2. The van der Waals surface area contributed by atoms with E-state index in [-0.39, 0.29) is 22.7 Å². The number of hydrogen-bond acceptors (Lipinski definition) is 4. The number of sulfonamides is 1. The van der Waals surface area contributed by atoms with Gasteiger partial charge in [-0.2, -0.15) is 0 Å². The lowest BCUT2D eigenvalue weighted by atomic mass is 10.2. The zero-order valence-corrected chi connectivity index (χ0v) is 12.2. The van der Waals surface area contributed by atoms with Gasteiger partial charge in [-0.1, -0.05) is 24.6 Å². The van der Waals surface area contributed by atoms with Gasteiger partial charge >= 0.3 is 0 Å². The number of para-hydroxylation sites is 1. The summed E-state index contributed by atoms with van der Waals surface area (Å²) in [7, 11) is -3.65. The Morgan fingerprint density at radius 1 is 1.35 bits per heavy atom. The minimum atomic E-state index is -3.65. The Morgan fingerprint density at radius 3 is 2.65 bits per heavy atom. The van der Waals surface area contributed by atoms with Crippen LogP contribution < -0.4 is 4.72 Å². The monoisotopic (exact) mass is 318 g/mol. The minimum absolute atomic E-state index is 0.175. The number of alkyl halides is 1. The van der Waals surface area contributed by atoms with Crippen LogP contribution in [0, 0.1) is 10.1 Å². The third kappa shape index (κ3) is 3.68. The molecule has 2 atom stereocenters. The maximum absolute atomic E-state index is 12.1. The molecular weight excluding hydrogens is 304 g/mol. The van der Waals surface area contributed by atoms with Crippen molar-refractivity contribution in [3.8, 4) is 0 Å². The molecule has 8 heteroatoms. The van der Waals surface area contributed by atoms with Crippen LogP contribution in [-0.4, -0.2) is 24.8 Å². The summed E-state index contributed by atoms with van der Waals surface area (Å²) in [6, 6.07) is 5.55. The maximum atomic E-state index is 12.1. The molecule has 0 amide bonds. The highest BCUT2D eigenvalue weighted by atomic mass is 35.5. The lowest BCUT2D eigenvalue weighted by Gasteiger charge is -2.16. The molecule has 1 saturated carbocycles. The molecule has 2 rings (SSSR count). The molecule has 2 unspecified atom stereocenters. The first-order valence-electron chi connectivity index (χ1n) is 6.25. The van der Waals surface area contributed by atoms with Gasteiger partial charge in [0.15, 0.2) is 0 Å². The molecule has 0 saturated heterocycles. The summed E-state index contributed by atoms with van der Waals surface area (Å²) in [5.41, 5.74) is -0.0131. The molecule has 0 bridgehead atoms. The summed E-state index contributed by atoms with van der Waals surface area (Å²) >= 11 is 6.03. The van der Waals surface area contributed by atoms with Crippen LogP contribution in [-0.2, 0) is 15.8 Å². The fraction of sp³-hybridized carbons (Fsp3) is 0.500. The van der Waals surface area contributed by atoms with Crippen LogP contribution in [0.4, 0.5) is 5.69 Å².